The van der Waals surface area contributed by atoms with Crippen LogP contribution in [0.25, 0.3) is 11.0 Å². The number of rotatable bonds is 3. The Morgan fingerprint density at radius 2 is 2.12 bits per heavy atom. The molecule has 3 rings (SSSR count). The van der Waals surface area contributed by atoms with E-state index in [1.165, 1.54) is 0 Å². The molecule has 1 aromatic carbocycles. The van der Waals surface area contributed by atoms with Crippen LogP contribution in [-0.2, 0) is 0 Å². The molecule has 2 aromatic rings. The molecule has 0 unspecified atom stereocenters. The number of hydrogen-bond donors (Lipinski definition) is 3. The summed E-state index contributed by atoms with van der Waals surface area (Å²) in [7, 11) is 0. The summed E-state index contributed by atoms with van der Waals surface area (Å²) >= 11 is 0. The number of hydrogen-bond acceptors (Lipinski definition) is 6. The molecule has 1 saturated carbocycles. The Balaban J connectivity index is 1.85. The van der Waals surface area contributed by atoms with Gasteiger partial charge in [0.15, 0.2) is 11.0 Å². The van der Waals surface area contributed by atoms with Crippen molar-refractivity contribution < 1.29 is 9.74 Å². The number of fused-ring (bicyclic) bond motifs is 1. The molecule has 1 aliphatic rings. The maximum atomic E-state index is 10.0. The van der Waals surface area contributed by atoms with E-state index in [2.05, 4.69) is 20.3 Å². The monoisotopic (exact) mass is 234 g/mol. The number of anilines is 2. The zero-order chi connectivity index (χ0) is 11.9. The summed E-state index contributed by atoms with van der Waals surface area (Å²) in [5, 5.41) is 20.7. The van der Waals surface area contributed by atoms with Crippen LogP contribution in [-0.4, -0.2) is 27.6 Å². The number of nitrogens with one attached hydrogen (secondary N) is 1. The summed E-state index contributed by atoms with van der Waals surface area (Å²) < 4.78 is 4.68. The first-order chi connectivity index (χ1) is 8.18. The summed E-state index contributed by atoms with van der Waals surface area (Å²) in [5.74, 6) is 0. The molecule has 90 valence electrons. The average molecular weight is 234 g/mol. The second-order valence-corrected chi connectivity index (χ2v) is 4.60. The average Bonchev–Trinajstić information content (AvgIpc) is 2.76. The fourth-order valence-corrected chi connectivity index (χ4v) is 2.05. The van der Waals surface area contributed by atoms with E-state index in [4.69, 9.17) is 5.73 Å². The van der Waals surface area contributed by atoms with Crippen molar-refractivity contribution in [2.75, 3.05) is 17.6 Å². The van der Waals surface area contributed by atoms with Crippen LogP contribution in [0, 0.1) is 0 Å². The predicted octanol–water partition coefficient (Wildman–Crippen LogP) is 1.13. The zero-order valence-electron chi connectivity index (χ0n) is 9.31. The van der Waals surface area contributed by atoms with Gasteiger partial charge in [-0.25, -0.2) is 4.63 Å². The minimum atomic E-state index is -0.578. The second kappa shape index (κ2) is 3.59. The third-order valence-electron chi connectivity index (χ3n) is 3.34. The normalized spacial score (nSPS) is 17.9. The van der Waals surface area contributed by atoms with Gasteiger partial charge in [0, 0.05) is 6.54 Å². The maximum Gasteiger partial charge on any atom is 0.160 e. The molecule has 1 aromatic heterocycles. The molecule has 0 atom stereocenters. The Hall–Kier alpha value is -1.82. The summed E-state index contributed by atoms with van der Waals surface area (Å²) in [5.41, 5.74) is 7.65. The van der Waals surface area contributed by atoms with Crippen LogP contribution in [0.15, 0.2) is 16.8 Å². The molecule has 17 heavy (non-hydrogen) atoms. The third-order valence-corrected chi connectivity index (χ3v) is 3.34. The highest BCUT2D eigenvalue weighted by Crippen LogP contribution is 2.32. The van der Waals surface area contributed by atoms with E-state index in [0.717, 1.165) is 24.9 Å². The highest BCUT2D eigenvalue weighted by molar-refractivity contribution is 5.94. The van der Waals surface area contributed by atoms with Crippen LogP contribution in [0.4, 0.5) is 11.4 Å². The lowest BCUT2D eigenvalue weighted by Gasteiger charge is -2.36. The Morgan fingerprint density at radius 3 is 2.82 bits per heavy atom. The number of aromatic nitrogens is 2. The Bertz CT molecular complexity index is 547. The van der Waals surface area contributed by atoms with Crippen molar-refractivity contribution in [3.63, 3.8) is 0 Å². The van der Waals surface area contributed by atoms with Crippen LogP contribution in [0.2, 0.25) is 0 Å². The van der Waals surface area contributed by atoms with Gasteiger partial charge < -0.3 is 16.2 Å². The predicted molar refractivity (Wildman–Crippen MR) is 63.5 cm³/mol. The first-order valence-electron chi connectivity index (χ1n) is 5.65. The van der Waals surface area contributed by atoms with Crippen LogP contribution in [0.1, 0.15) is 19.3 Å². The van der Waals surface area contributed by atoms with Gasteiger partial charge in [-0.1, -0.05) is 0 Å². The van der Waals surface area contributed by atoms with E-state index < -0.39 is 5.60 Å². The van der Waals surface area contributed by atoms with Crippen LogP contribution in [0.5, 0.6) is 0 Å². The van der Waals surface area contributed by atoms with Gasteiger partial charge in [-0.3, -0.25) is 0 Å². The topological polar surface area (TPSA) is 97.2 Å². The highest BCUT2D eigenvalue weighted by atomic mass is 16.6. The van der Waals surface area contributed by atoms with E-state index in [-0.39, 0.29) is 0 Å². The number of aliphatic hydroxyl groups is 1. The molecular formula is C11H14N4O2. The number of benzene rings is 1. The van der Waals surface area contributed by atoms with Crippen LogP contribution >= 0.6 is 0 Å². The van der Waals surface area contributed by atoms with Gasteiger partial charge in [0.2, 0.25) is 0 Å². The molecule has 1 heterocycles. The SMILES string of the molecule is Nc1ccc(NCC2(O)CCC2)c2nonc12. The van der Waals surface area contributed by atoms with E-state index in [1.807, 2.05) is 6.07 Å². The fraction of sp³-hybridized carbons (Fsp3) is 0.455. The minimum Gasteiger partial charge on any atom is -0.397 e. The van der Waals surface area contributed by atoms with E-state index in [9.17, 15) is 5.11 Å². The summed E-state index contributed by atoms with van der Waals surface area (Å²) in [6.45, 7) is 0.513. The van der Waals surface area contributed by atoms with Gasteiger partial charge in [-0.05, 0) is 41.7 Å². The zero-order valence-corrected chi connectivity index (χ0v) is 9.31. The standard InChI is InChI=1S/C11H14N4O2/c12-7-2-3-8(10-9(7)14-17-15-10)13-6-11(16)4-1-5-11/h2-3,13,16H,1,4-6,12H2. The van der Waals surface area contributed by atoms with E-state index in [1.54, 1.807) is 6.07 Å². The van der Waals surface area contributed by atoms with Gasteiger partial charge in [0.25, 0.3) is 0 Å². The lowest BCUT2D eigenvalue weighted by atomic mass is 9.80. The molecule has 0 spiro atoms. The molecule has 0 radical (unpaired) electrons. The molecule has 0 bridgehead atoms. The third kappa shape index (κ3) is 1.70. The minimum absolute atomic E-state index is 0.513. The lowest BCUT2D eigenvalue weighted by molar-refractivity contribution is -0.0201. The largest absolute Gasteiger partial charge is 0.397 e. The van der Waals surface area contributed by atoms with E-state index >= 15 is 0 Å². The molecule has 0 saturated heterocycles. The second-order valence-electron chi connectivity index (χ2n) is 4.60. The van der Waals surface area contributed by atoms with Crippen molar-refractivity contribution >= 4 is 22.4 Å². The van der Waals surface area contributed by atoms with Crippen molar-refractivity contribution in [3.8, 4) is 0 Å². The number of nitrogens with two attached hydrogens (primary N) is 1. The van der Waals surface area contributed by atoms with Crippen molar-refractivity contribution in [3.05, 3.63) is 12.1 Å². The van der Waals surface area contributed by atoms with Gasteiger partial charge >= 0.3 is 0 Å². The quantitative estimate of drug-likeness (QED) is 0.689. The van der Waals surface area contributed by atoms with Gasteiger partial charge in [-0.15, -0.1) is 0 Å². The number of nitrogens with zero attached hydrogens (tertiary/aromatic N) is 2. The fourth-order valence-electron chi connectivity index (χ4n) is 2.05. The molecule has 4 N–H and O–H groups in total. The lowest BCUT2D eigenvalue weighted by Crippen LogP contribution is -2.43. The summed E-state index contributed by atoms with van der Waals surface area (Å²) in [6, 6.07) is 3.57. The van der Waals surface area contributed by atoms with Crippen molar-refractivity contribution in [2.45, 2.75) is 24.9 Å². The summed E-state index contributed by atoms with van der Waals surface area (Å²) in [6.07, 6.45) is 2.77. The summed E-state index contributed by atoms with van der Waals surface area (Å²) in [4.78, 5) is 0. The van der Waals surface area contributed by atoms with Gasteiger partial charge in [0.05, 0.1) is 17.0 Å². The van der Waals surface area contributed by atoms with Crippen molar-refractivity contribution in [2.24, 2.45) is 0 Å². The first kappa shape index (κ1) is 10.3. The van der Waals surface area contributed by atoms with Crippen LogP contribution < -0.4 is 11.1 Å². The molecule has 0 aliphatic heterocycles. The molecule has 1 aliphatic carbocycles. The Morgan fingerprint density at radius 1 is 1.35 bits per heavy atom. The molecule has 1 fully saturated rings. The molecule has 6 heteroatoms. The van der Waals surface area contributed by atoms with Gasteiger partial charge in [-0.2, -0.15) is 0 Å². The van der Waals surface area contributed by atoms with Crippen molar-refractivity contribution in [1.29, 1.82) is 0 Å². The molecule has 0 amide bonds. The van der Waals surface area contributed by atoms with E-state index in [0.29, 0.717) is 23.3 Å². The Labute approximate surface area is 97.8 Å². The highest BCUT2D eigenvalue weighted by Gasteiger charge is 2.34. The van der Waals surface area contributed by atoms with Crippen LogP contribution in [0.3, 0.4) is 0 Å². The van der Waals surface area contributed by atoms with Crippen molar-refractivity contribution in [1.82, 2.24) is 10.3 Å². The molecule has 6 nitrogen and oxygen atoms in total. The number of nitrogen functional groups attached to an aromatic ring is 1. The Kier molecular flexibility index (Phi) is 2.19. The molecular weight excluding hydrogens is 220 g/mol. The first-order valence-corrected chi connectivity index (χ1v) is 5.65. The maximum absolute atomic E-state index is 10.0. The van der Waals surface area contributed by atoms with Gasteiger partial charge in [0.1, 0.15) is 0 Å². The smallest absolute Gasteiger partial charge is 0.160 e.